The maximum atomic E-state index is 5.87. The molecule has 0 saturated heterocycles. The van der Waals surface area contributed by atoms with Gasteiger partial charge in [-0.2, -0.15) is 0 Å². The third-order valence-corrected chi connectivity index (χ3v) is 3.73. The van der Waals surface area contributed by atoms with Crippen molar-refractivity contribution in [1.29, 1.82) is 0 Å². The monoisotopic (exact) mass is 246 g/mol. The third kappa shape index (κ3) is 8.04. The van der Waals surface area contributed by atoms with Gasteiger partial charge in [-0.15, -0.1) is 6.58 Å². The normalized spacial score (nSPS) is 13.0. The van der Waals surface area contributed by atoms with Crippen molar-refractivity contribution in [3.05, 3.63) is 12.7 Å². The van der Waals surface area contributed by atoms with Crippen LogP contribution < -0.4 is 0 Å². The van der Waals surface area contributed by atoms with Gasteiger partial charge in [0.2, 0.25) is 0 Å². The van der Waals surface area contributed by atoms with Crippen molar-refractivity contribution in [2.45, 2.75) is 52.6 Å². The predicted molar refractivity (Wildman–Crippen MR) is 69.6 cm³/mol. The third-order valence-electron chi connectivity index (χ3n) is 2.10. The van der Waals surface area contributed by atoms with Crippen molar-refractivity contribution in [1.82, 2.24) is 0 Å². The molecule has 0 fully saturated rings. The Morgan fingerprint density at radius 1 is 1.12 bits per heavy atom. The van der Waals surface area contributed by atoms with E-state index in [-0.39, 0.29) is 6.10 Å². The Labute approximate surface area is 102 Å². The van der Waals surface area contributed by atoms with E-state index in [4.69, 9.17) is 13.3 Å². The summed E-state index contributed by atoms with van der Waals surface area (Å²) in [5.41, 5.74) is 0. The summed E-state index contributed by atoms with van der Waals surface area (Å²) < 4.78 is 17.1. The summed E-state index contributed by atoms with van der Waals surface area (Å²) in [6, 6.07) is 0. The first-order valence-electron chi connectivity index (χ1n) is 6.27. The van der Waals surface area contributed by atoms with Gasteiger partial charge in [-0.3, -0.25) is 0 Å². The van der Waals surface area contributed by atoms with Gasteiger partial charge in [-0.25, -0.2) is 0 Å². The molecule has 0 heterocycles. The maximum absolute atomic E-state index is 5.87. The first kappa shape index (κ1) is 15.8. The van der Waals surface area contributed by atoms with Crippen molar-refractivity contribution in [3.63, 3.8) is 0 Å². The Balaban J connectivity index is 3.98. The lowest BCUT2D eigenvalue weighted by Crippen LogP contribution is -2.32. The van der Waals surface area contributed by atoms with Crippen LogP contribution in [-0.2, 0) is 13.3 Å². The van der Waals surface area contributed by atoms with E-state index in [1.54, 1.807) is 0 Å². The van der Waals surface area contributed by atoms with E-state index in [9.17, 15) is 0 Å². The van der Waals surface area contributed by atoms with Gasteiger partial charge in [0.15, 0.2) is 0 Å². The molecule has 0 aromatic rings. The zero-order chi connectivity index (χ0) is 12.2. The van der Waals surface area contributed by atoms with Crippen LogP contribution in [0.4, 0.5) is 0 Å². The lowest BCUT2D eigenvalue weighted by Gasteiger charge is -2.21. The fraction of sp³-hybridized carbons (Fsp3) is 0.833. The molecule has 0 aromatic heterocycles. The van der Waals surface area contributed by atoms with Crippen LogP contribution in [0.25, 0.3) is 0 Å². The topological polar surface area (TPSA) is 27.7 Å². The average Bonchev–Trinajstić information content (AvgIpc) is 2.31. The van der Waals surface area contributed by atoms with Gasteiger partial charge >= 0.3 is 9.53 Å². The van der Waals surface area contributed by atoms with Crippen molar-refractivity contribution in [3.8, 4) is 0 Å². The van der Waals surface area contributed by atoms with E-state index in [2.05, 4.69) is 27.4 Å². The fourth-order valence-corrected chi connectivity index (χ4v) is 2.94. The molecule has 1 atom stereocenters. The van der Waals surface area contributed by atoms with Gasteiger partial charge in [0.05, 0.1) is 6.10 Å². The first-order valence-corrected chi connectivity index (χ1v) is 7.69. The minimum atomic E-state index is -1.92. The molecular weight excluding hydrogens is 220 g/mol. The molecule has 0 aromatic carbocycles. The van der Waals surface area contributed by atoms with E-state index in [1.807, 2.05) is 6.08 Å². The molecule has 0 aliphatic rings. The summed E-state index contributed by atoms with van der Waals surface area (Å²) in [5, 5.41) is 0. The van der Waals surface area contributed by atoms with Gasteiger partial charge in [0.1, 0.15) is 0 Å². The molecule has 0 N–H and O–H groups in total. The van der Waals surface area contributed by atoms with Crippen LogP contribution in [0, 0.1) is 0 Å². The van der Waals surface area contributed by atoms with Crippen molar-refractivity contribution in [2.75, 3.05) is 13.2 Å². The molecule has 4 heteroatoms. The van der Waals surface area contributed by atoms with Crippen LogP contribution in [0.2, 0.25) is 0 Å². The average molecular weight is 246 g/mol. The summed E-state index contributed by atoms with van der Waals surface area (Å²) in [6.07, 6.45) is 5.93. The van der Waals surface area contributed by atoms with Crippen LogP contribution in [0.1, 0.15) is 46.5 Å². The standard InChI is InChI=1S/C12H26O3Si/c1-5-9-12(8-4)15-16(13-10-6-2)14-11-7-3/h5,12,16H,1,6-11H2,2-4H3. The van der Waals surface area contributed by atoms with Gasteiger partial charge in [0, 0.05) is 13.2 Å². The molecule has 3 nitrogen and oxygen atoms in total. The Hall–Kier alpha value is -0.163. The van der Waals surface area contributed by atoms with Crippen LogP contribution in [0.3, 0.4) is 0 Å². The molecule has 0 spiro atoms. The number of hydrogen-bond acceptors (Lipinski definition) is 3. The molecular formula is C12H26O3Si. The summed E-state index contributed by atoms with van der Waals surface area (Å²) in [7, 11) is -1.92. The Morgan fingerprint density at radius 2 is 1.69 bits per heavy atom. The zero-order valence-corrected chi connectivity index (χ0v) is 12.1. The highest BCUT2D eigenvalue weighted by Crippen LogP contribution is 2.08. The lowest BCUT2D eigenvalue weighted by atomic mass is 10.2. The molecule has 0 rings (SSSR count). The van der Waals surface area contributed by atoms with E-state index in [0.717, 1.165) is 38.9 Å². The van der Waals surface area contributed by atoms with E-state index >= 15 is 0 Å². The number of hydrogen-bond donors (Lipinski definition) is 0. The number of rotatable bonds is 11. The molecule has 0 saturated carbocycles. The molecule has 0 aliphatic carbocycles. The Morgan fingerprint density at radius 3 is 2.06 bits per heavy atom. The highest BCUT2D eigenvalue weighted by Gasteiger charge is 2.19. The molecule has 0 bridgehead atoms. The van der Waals surface area contributed by atoms with Crippen LogP contribution >= 0.6 is 0 Å². The van der Waals surface area contributed by atoms with Crippen molar-refractivity contribution in [2.24, 2.45) is 0 Å². The maximum Gasteiger partial charge on any atom is 0.484 e. The first-order chi connectivity index (χ1) is 7.78. The largest absolute Gasteiger partial charge is 0.484 e. The Bertz CT molecular complexity index is 156. The fourth-order valence-electron chi connectivity index (χ4n) is 1.22. The highest BCUT2D eigenvalue weighted by atomic mass is 28.3. The predicted octanol–water partition coefficient (Wildman–Crippen LogP) is 2.93. The zero-order valence-electron chi connectivity index (χ0n) is 10.9. The summed E-state index contributed by atoms with van der Waals surface area (Å²) in [6.45, 7) is 11.5. The summed E-state index contributed by atoms with van der Waals surface area (Å²) in [4.78, 5) is 0. The van der Waals surface area contributed by atoms with Gasteiger partial charge in [-0.05, 0) is 25.7 Å². The molecule has 0 aliphatic heterocycles. The van der Waals surface area contributed by atoms with E-state index < -0.39 is 9.53 Å². The molecule has 96 valence electrons. The molecule has 1 unspecified atom stereocenters. The SMILES string of the molecule is C=CCC(CC)O[SiH](OCCC)OCCC. The van der Waals surface area contributed by atoms with E-state index in [0.29, 0.717) is 0 Å². The van der Waals surface area contributed by atoms with Crippen LogP contribution in [0.5, 0.6) is 0 Å². The second kappa shape index (κ2) is 11.3. The quantitative estimate of drug-likeness (QED) is 0.414. The van der Waals surface area contributed by atoms with Crippen molar-refractivity contribution >= 4 is 9.53 Å². The minimum absolute atomic E-state index is 0.197. The summed E-state index contributed by atoms with van der Waals surface area (Å²) >= 11 is 0. The summed E-state index contributed by atoms with van der Waals surface area (Å²) in [5.74, 6) is 0. The second-order valence-corrected chi connectivity index (χ2v) is 5.24. The van der Waals surface area contributed by atoms with Crippen molar-refractivity contribution < 1.29 is 13.3 Å². The molecule has 16 heavy (non-hydrogen) atoms. The van der Waals surface area contributed by atoms with Crippen LogP contribution in [-0.4, -0.2) is 28.8 Å². The molecule has 0 radical (unpaired) electrons. The smallest absolute Gasteiger partial charge is 0.376 e. The lowest BCUT2D eigenvalue weighted by molar-refractivity contribution is 0.0565. The van der Waals surface area contributed by atoms with Gasteiger partial charge < -0.3 is 13.3 Å². The Kier molecular flexibility index (Phi) is 11.2. The molecule has 0 amide bonds. The minimum Gasteiger partial charge on any atom is -0.376 e. The van der Waals surface area contributed by atoms with Gasteiger partial charge in [-0.1, -0.05) is 26.8 Å². The second-order valence-electron chi connectivity index (χ2n) is 3.72. The highest BCUT2D eigenvalue weighted by molar-refractivity contribution is 6.36. The van der Waals surface area contributed by atoms with E-state index in [1.165, 1.54) is 0 Å². The van der Waals surface area contributed by atoms with Gasteiger partial charge in [0.25, 0.3) is 0 Å². The van der Waals surface area contributed by atoms with Crippen LogP contribution in [0.15, 0.2) is 12.7 Å².